The normalized spacial score (nSPS) is 13.3. The van der Waals surface area contributed by atoms with Crippen molar-refractivity contribution >= 4 is 12.0 Å². The number of carbonyl (C=O) groups is 2. The van der Waals surface area contributed by atoms with E-state index in [1.807, 2.05) is 0 Å². The van der Waals surface area contributed by atoms with Gasteiger partial charge in [0.05, 0.1) is 17.8 Å². The molecule has 23 heavy (non-hydrogen) atoms. The van der Waals surface area contributed by atoms with E-state index in [-0.39, 0.29) is 11.6 Å². The van der Waals surface area contributed by atoms with Crippen molar-refractivity contribution in [3.05, 3.63) is 59.2 Å². The Labute approximate surface area is 133 Å². The summed E-state index contributed by atoms with van der Waals surface area (Å²) in [6.45, 7) is 1.46. The number of urea groups is 1. The fourth-order valence-electron chi connectivity index (χ4n) is 2.48. The van der Waals surface area contributed by atoms with Crippen molar-refractivity contribution in [3.63, 3.8) is 0 Å². The Balaban J connectivity index is 1.57. The number of carboxylic acid groups (broad SMARTS) is 1. The lowest BCUT2D eigenvalue weighted by atomic mass is 10.1. The van der Waals surface area contributed by atoms with E-state index in [9.17, 15) is 9.59 Å². The molecule has 0 fully saturated rings. The summed E-state index contributed by atoms with van der Waals surface area (Å²) in [5.74, 6) is -0.963. The number of aromatic carboxylic acids is 1. The van der Waals surface area contributed by atoms with Gasteiger partial charge in [-0.15, -0.1) is 0 Å². The molecule has 7 heteroatoms. The molecule has 0 atom stereocenters. The van der Waals surface area contributed by atoms with Crippen LogP contribution < -0.4 is 5.32 Å². The Hall–Kier alpha value is -2.96. The highest BCUT2D eigenvalue weighted by Gasteiger charge is 2.21. The van der Waals surface area contributed by atoms with Crippen LogP contribution in [0.4, 0.5) is 4.79 Å². The molecule has 2 heterocycles. The zero-order chi connectivity index (χ0) is 16.2. The molecule has 2 amide bonds. The summed E-state index contributed by atoms with van der Waals surface area (Å²) >= 11 is 0. The number of nitrogens with zero attached hydrogens (tertiary/aromatic N) is 3. The number of hydrogen-bond donors (Lipinski definition) is 2. The summed E-state index contributed by atoms with van der Waals surface area (Å²) in [6, 6.07) is 6.29. The van der Waals surface area contributed by atoms with E-state index in [1.165, 1.54) is 18.5 Å². The van der Waals surface area contributed by atoms with Crippen molar-refractivity contribution in [3.8, 4) is 0 Å². The van der Waals surface area contributed by atoms with Gasteiger partial charge < -0.3 is 15.3 Å². The third-order valence-corrected chi connectivity index (χ3v) is 3.80. The summed E-state index contributed by atoms with van der Waals surface area (Å²) in [4.78, 5) is 32.9. The first kappa shape index (κ1) is 15.0. The molecule has 0 aliphatic carbocycles. The van der Waals surface area contributed by atoms with Gasteiger partial charge in [0.15, 0.2) is 0 Å². The number of fused-ring (bicyclic) bond motifs is 1. The maximum atomic E-state index is 12.2. The third kappa shape index (κ3) is 3.45. The van der Waals surface area contributed by atoms with E-state index < -0.39 is 5.97 Å². The Morgan fingerprint density at radius 1 is 1.26 bits per heavy atom. The van der Waals surface area contributed by atoms with E-state index in [4.69, 9.17) is 5.11 Å². The predicted molar refractivity (Wildman–Crippen MR) is 81.8 cm³/mol. The van der Waals surface area contributed by atoms with Crippen LogP contribution in [0, 0.1) is 0 Å². The highest BCUT2D eigenvalue weighted by molar-refractivity contribution is 5.87. The maximum absolute atomic E-state index is 12.2. The van der Waals surface area contributed by atoms with E-state index in [0.717, 1.165) is 23.2 Å². The second kappa shape index (κ2) is 6.43. The molecule has 2 aromatic rings. The monoisotopic (exact) mass is 312 g/mol. The summed E-state index contributed by atoms with van der Waals surface area (Å²) < 4.78 is 0. The number of carboxylic acids is 1. The van der Waals surface area contributed by atoms with Gasteiger partial charge in [-0.05, 0) is 29.7 Å². The first-order valence-corrected chi connectivity index (χ1v) is 7.26. The average molecular weight is 312 g/mol. The lowest BCUT2D eigenvalue weighted by Crippen LogP contribution is -2.42. The Morgan fingerprint density at radius 2 is 2.04 bits per heavy atom. The highest BCUT2D eigenvalue weighted by Crippen LogP contribution is 2.15. The number of nitrogens with one attached hydrogen (secondary N) is 1. The zero-order valence-corrected chi connectivity index (χ0v) is 12.4. The van der Waals surface area contributed by atoms with Crippen LogP contribution >= 0.6 is 0 Å². The van der Waals surface area contributed by atoms with Crippen LogP contribution in [-0.2, 0) is 19.5 Å². The standard InChI is InChI=1S/C16H16N4O3/c21-15(22)12-3-1-11(2-4-12)7-18-16(23)20-6-5-13-8-17-10-19-14(13)9-20/h1-4,8,10H,5-7,9H2,(H,18,23)(H,21,22). The van der Waals surface area contributed by atoms with Gasteiger partial charge in [0.25, 0.3) is 0 Å². The lowest BCUT2D eigenvalue weighted by Gasteiger charge is -2.27. The van der Waals surface area contributed by atoms with Gasteiger partial charge in [0.2, 0.25) is 0 Å². The van der Waals surface area contributed by atoms with E-state index in [0.29, 0.717) is 19.6 Å². The van der Waals surface area contributed by atoms with Crippen LogP contribution in [0.1, 0.15) is 27.2 Å². The van der Waals surface area contributed by atoms with Gasteiger partial charge >= 0.3 is 12.0 Å². The Kier molecular flexibility index (Phi) is 4.18. The van der Waals surface area contributed by atoms with Crippen LogP contribution in [-0.4, -0.2) is 38.5 Å². The SMILES string of the molecule is O=C(O)c1ccc(CNC(=O)N2CCc3cncnc3C2)cc1. The summed E-state index contributed by atoms with van der Waals surface area (Å²) in [6.07, 6.45) is 4.03. The Morgan fingerprint density at radius 3 is 2.78 bits per heavy atom. The third-order valence-electron chi connectivity index (χ3n) is 3.80. The largest absolute Gasteiger partial charge is 0.478 e. The molecular formula is C16H16N4O3. The van der Waals surface area contributed by atoms with Gasteiger partial charge in [-0.2, -0.15) is 0 Å². The molecule has 7 nitrogen and oxygen atoms in total. The maximum Gasteiger partial charge on any atom is 0.335 e. The van der Waals surface area contributed by atoms with Gasteiger partial charge in [0.1, 0.15) is 6.33 Å². The zero-order valence-electron chi connectivity index (χ0n) is 12.4. The minimum absolute atomic E-state index is 0.156. The molecule has 1 aromatic carbocycles. The quantitative estimate of drug-likeness (QED) is 0.894. The fourth-order valence-corrected chi connectivity index (χ4v) is 2.48. The predicted octanol–water partition coefficient (Wildman–Crippen LogP) is 1.44. The molecule has 0 radical (unpaired) electrons. The number of amides is 2. The first-order valence-electron chi connectivity index (χ1n) is 7.26. The summed E-state index contributed by atoms with van der Waals surface area (Å²) in [5, 5.41) is 11.7. The molecule has 0 saturated heterocycles. The molecule has 0 saturated carbocycles. The molecule has 3 rings (SSSR count). The van der Waals surface area contributed by atoms with Gasteiger partial charge in [0, 0.05) is 19.3 Å². The second-order valence-corrected chi connectivity index (χ2v) is 5.33. The Bertz CT molecular complexity index is 730. The van der Waals surface area contributed by atoms with Gasteiger partial charge in [-0.25, -0.2) is 19.6 Å². The van der Waals surface area contributed by atoms with Crippen molar-refractivity contribution < 1.29 is 14.7 Å². The molecule has 0 bridgehead atoms. The summed E-state index contributed by atoms with van der Waals surface area (Å²) in [7, 11) is 0. The molecule has 2 N–H and O–H groups in total. The second-order valence-electron chi connectivity index (χ2n) is 5.33. The minimum Gasteiger partial charge on any atom is -0.478 e. The van der Waals surface area contributed by atoms with E-state index >= 15 is 0 Å². The molecular weight excluding hydrogens is 296 g/mol. The molecule has 0 unspecified atom stereocenters. The fraction of sp³-hybridized carbons (Fsp3) is 0.250. The molecule has 0 spiro atoms. The van der Waals surface area contributed by atoms with Crippen LogP contribution in [0.2, 0.25) is 0 Å². The van der Waals surface area contributed by atoms with Gasteiger partial charge in [-0.3, -0.25) is 0 Å². The first-order chi connectivity index (χ1) is 11.1. The smallest absolute Gasteiger partial charge is 0.335 e. The summed E-state index contributed by atoms with van der Waals surface area (Å²) in [5.41, 5.74) is 3.04. The molecule has 1 aliphatic heterocycles. The number of benzene rings is 1. The number of carbonyl (C=O) groups excluding carboxylic acids is 1. The lowest BCUT2D eigenvalue weighted by molar-refractivity contribution is 0.0697. The molecule has 1 aliphatic rings. The van der Waals surface area contributed by atoms with Crippen LogP contribution in [0.25, 0.3) is 0 Å². The molecule has 118 valence electrons. The van der Waals surface area contributed by atoms with Crippen molar-refractivity contribution in [2.45, 2.75) is 19.5 Å². The number of rotatable bonds is 3. The van der Waals surface area contributed by atoms with Crippen molar-refractivity contribution in [1.82, 2.24) is 20.2 Å². The van der Waals surface area contributed by atoms with E-state index in [1.54, 1.807) is 23.2 Å². The number of aromatic nitrogens is 2. The van der Waals surface area contributed by atoms with Crippen LogP contribution in [0.3, 0.4) is 0 Å². The highest BCUT2D eigenvalue weighted by atomic mass is 16.4. The van der Waals surface area contributed by atoms with E-state index in [2.05, 4.69) is 15.3 Å². The van der Waals surface area contributed by atoms with Crippen LogP contribution in [0.5, 0.6) is 0 Å². The molecule has 1 aromatic heterocycles. The van der Waals surface area contributed by atoms with Crippen molar-refractivity contribution in [2.24, 2.45) is 0 Å². The average Bonchev–Trinajstić information content (AvgIpc) is 2.59. The topological polar surface area (TPSA) is 95.4 Å². The van der Waals surface area contributed by atoms with Crippen LogP contribution in [0.15, 0.2) is 36.8 Å². The minimum atomic E-state index is -0.963. The van der Waals surface area contributed by atoms with Gasteiger partial charge in [-0.1, -0.05) is 12.1 Å². The number of hydrogen-bond acceptors (Lipinski definition) is 4. The van der Waals surface area contributed by atoms with Crippen molar-refractivity contribution in [2.75, 3.05) is 6.54 Å². The van der Waals surface area contributed by atoms with Crippen molar-refractivity contribution in [1.29, 1.82) is 0 Å².